The first kappa shape index (κ1) is 18.6. The summed E-state index contributed by atoms with van der Waals surface area (Å²) in [6.07, 6.45) is 2.63. The molecule has 3 rings (SSSR count). The lowest BCUT2D eigenvalue weighted by Crippen LogP contribution is -2.23. The molecule has 0 radical (unpaired) electrons. The molecule has 1 N–H and O–H groups in total. The maximum atomic E-state index is 12.6. The zero-order valence-corrected chi connectivity index (χ0v) is 16.7. The third-order valence-corrected chi connectivity index (χ3v) is 6.09. The Kier molecular flexibility index (Phi) is 6.06. The smallest absolute Gasteiger partial charge is 0.254 e. The van der Waals surface area contributed by atoms with Gasteiger partial charge < -0.3 is 5.32 Å². The quantitative estimate of drug-likeness (QED) is 0.664. The Balaban J connectivity index is 1.73. The van der Waals surface area contributed by atoms with Gasteiger partial charge in [0.25, 0.3) is 5.91 Å². The number of hydrogen-bond acceptors (Lipinski definition) is 5. The van der Waals surface area contributed by atoms with Crippen LogP contribution >= 0.6 is 23.1 Å². The molecule has 0 bridgehead atoms. The van der Waals surface area contributed by atoms with Gasteiger partial charge in [-0.2, -0.15) is 0 Å². The summed E-state index contributed by atoms with van der Waals surface area (Å²) in [6, 6.07) is 9.87. The second-order valence-electron chi connectivity index (χ2n) is 5.97. The topological polar surface area (TPSA) is 54.9 Å². The third-order valence-electron chi connectivity index (χ3n) is 4.04. The number of carbonyl (C=O) groups excluding carboxylic acids is 1. The molecule has 3 aromatic rings. The summed E-state index contributed by atoms with van der Waals surface area (Å²) in [5, 5.41) is 6.74. The number of aryl methyl sites for hydroxylation is 3. The number of carbonyl (C=O) groups is 1. The predicted octanol–water partition coefficient (Wildman–Crippen LogP) is 4.80. The lowest BCUT2D eigenvalue weighted by atomic mass is 10.1. The molecular formula is C20H21N3OS2. The van der Waals surface area contributed by atoms with Crippen LogP contribution in [0.25, 0.3) is 0 Å². The first-order valence-electron chi connectivity index (χ1n) is 8.48. The molecule has 2 aromatic heterocycles. The van der Waals surface area contributed by atoms with Gasteiger partial charge >= 0.3 is 0 Å². The van der Waals surface area contributed by atoms with E-state index in [4.69, 9.17) is 0 Å². The van der Waals surface area contributed by atoms with Gasteiger partial charge in [0.15, 0.2) is 0 Å². The molecule has 0 saturated carbocycles. The summed E-state index contributed by atoms with van der Waals surface area (Å²) >= 11 is 3.13. The third kappa shape index (κ3) is 4.51. The highest BCUT2D eigenvalue weighted by Crippen LogP contribution is 2.30. The monoisotopic (exact) mass is 383 g/mol. The van der Waals surface area contributed by atoms with Crippen molar-refractivity contribution >= 4 is 29.0 Å². The number of benzene rings is 1. The summed E-state index contributed by atoms with van der Waals surface area (Å²) < 4.78 is 0. The zero-order valence-electron chi connectivity index (χ0n) is 15.1. The van der Waals surface area contributed by atoms with Gasteiger partial charge in [0.05, 0.1) is 22.8 Å². The Morgan fingerprint density at radius 2 is 2.08 bits per heavy atom. The van der Waals surface area contributed by atoms with Crippen molar-refractivity contribution in [3.05, 3.63) is 69.3 Å². The molecule has 4 nitrogen and oxygen atoms in total. The molecule has 0 aliphatic rings. The molecule has 0 fully saturated rings. The van der Waals surface area contributed by atoms with Crippen LogP contribution < -0.4 is 5.32 Å². The Morgan fingerprint density at radius 1 is 1.23 bits per heavy atom. The van der Waals surface area contributed by atoms with E-state index in [0.717, 1.165) is 22.0 Å². The lowest BCUT2D eigenvalue weighted by Gasteiger charge is -2.09. The minimum absolute atomic E-state index is 0.129. The molecule has 0 unspecified atom stereocenters. The molecule has 6 heteroatoms. The van der Waals surface area contributed by atoms with E-state index in [1.807, 2.05) is 11.4 Å². The van der Waals surface area contributed by atoms with Gasteiger partial charge in [-0.05, 0) is 55.7 Å². The van der Waals surface area contributed by atoms with Crippen molar-refractivity contribution in [2.24, 2.45) is 0 Å². The molecule has 26 heavy (non-hydrogen) atoms. The van der Waals surface area contributed by atoms with Gasteiger partial charge in [0, 0.05) is 16.5 Å². The minimum atomic E-state index is -0.129. The van der Waals surface area contributed by atoms with Gasteiger partial charge in [-0.3, -0.25) is 4.79 Å². The zero-order chi connectivity index (χ0) is 18.5. The van der Waals surface area contributed by atoms with Crippen molar-refractivity contribution < 1.29 is 4.79 Å². The van der Waals surface area contributed by atoms with E-state index in [1.165, 1.54) is 22.9 Å². The highest BCUT2D eigenvalue weighted by Gasteiger charge is 2.14. The van der Waals surface area contributed by atoms with Crippen molar-refractivity contribution in [3.63, 3.8) is 0 Å². The van der Waals surface area contributed by atoms with Crippen LogP contribution in [0.15, 0.2) is 51.8 Å². The number of nitrogens with one attached hydrogen (secondary N) is 1. The minimum Gasteiger partial charge on any atom is -0.346 e. The summed E-state index contributed by atoms with van der Waals surface area (Å²) in [5.74, 6) is -0.129. The second kappa shape index (κ2) is 8.47. The Labute approximate surface area is 162 Å². The number of amides is 1. The maximum Gasteiger partial charge on any atom is 0.254 e. The first-order valence-corrected chi connectivity index (χ1v) is 10.2. The molecule has 0 atom stereocenters. The maximum absolute atomic E-state index is 12.6. The van der Waals surface area contributed by atoms with E-state index >= 15 is 0 Å². The van der Waals surface area contributed by atoms with E-state index < -0.39 is 0 Å². The van der Waals surface area contributed by atoms with E-state index in [-0.39, 0.29) is 5.91 Å². The molecule has 1 aromatic carbocycles. The normalized spacial score (nSPS) is 10.7. The average molecular weight is 384 g/mol. The van der Waals surface area contributed by atoms with Crippen LogP contribution in [0.1, 0.15) is 39.1 Å². The van der Waals surface area contributed by atoms with E-state index in [9.17, 15) is 4.79 Å². The largest absolute Gasteiger partial charge is 0.346 e. The van der Waals surface area contributed by atoms with Gasteiger partial charge in [-0.15, -0.1) is 11.3 Å². The summed E-state index contributed by atoms with van der Waals surface area (Å²) in [5.41, 5.74) is 3.96. The van der Waals surface area contributed by atoms with Crippen LogP contribution in [-0.2, 0) is 13.0 Å². The number of rotatable bonds is 6. The molecule has 0 aliphatic carbocycles. The van der Waals surface area contributed by atoms with Gasteiger partial charge in [0.2, 0.25) is 0 Å². The van der Waals surface area contributed by atoms with Crippen LogP contribution in [0, 0.1) is 13.8 Å². The van der Waals surface area contributed by atoms with Crippen molar-refractivity contribution in [1.29, 1.82) is 0 Å². The van der Waals surface area contributed by atoms with Crippen LogP contribution in [0.4, 0.5) is 0 Å². The van der Waals surface area contributed by atoms with Gasteiger partial charge in [-0.25, -0.2) is 9.97 Å². The summed E-state index contributed by atoms with van der Waals surface area (Å²) in [7, 11) is 0. The predicted molar refractivity (Wildman–Crippen MR) is 107 cm³/mol. The fourth-order valence-corrected chi connectivity index (χ4v) is 4.12. The highest BCUT2D eigenvalue weighted by molar-refractivity contribution is 7.99. The molecule has 0 saturated heterocycles. The molecule has 0 spiro atoms. The first-order chi connectivity index (χ1) is 12.6. The number of pyridine rings is 1. The second-order valence-corrected chi connectivity index (χ2v) is 7.98. The Hall–Kier alpha value is -2.18. The highest BCUT2D eigenvalue weighted by atomic mass is 32.2. The fraction of sp³-hybridized carbons (Fsp3) is 0.250. The number of hydrogen-bond donors (Lipinski definition) is 1. The van der Waals surface area contributed by atoms with E-state index in [0.29, 0.717) is 17.1 Å². The SMILES string of the molecule is CCc1nc(CNC(=O)c2cccnc2Sc2ccc(C)c(C)c2)cs1. The van der Waals surface area contributed by atoms with Crippen molar-refractivity contribution in [2.45, 2.75) is 43.7 Å². The van der Waals surface area contributed by atoms with Crippen LogP contribution in [-0.4, -0.2) is 15.9 Å². The van der Waals surface area contributed by atoms with E-state index in [2.05, 4.69) is 54.3 Å². The Bertz CT molecular complexity index is 921. The van der Waals surface area contributed by atoms with Crippen molar-refractivity contribution in [2.75, 3.05) is 0 Å². The van der Waals surface area contributed by atoms with E-state index in [1.54, 1.807) is 23.6 Å². The van der Waals surface area contributed by atoms with Crippen molar-refractivity contribution in [1.82, 2.24) is 15.3 Å². The summed E-state index contributed by atoms with van der Waals surface area (Å²) in [4.78, 5) is 22.6. The van der Waals surface area contributed by atoms with Crippen molar-refractivity contribution in [3.8, 4) is 0 Å². The molecule has 1 amide bonds. The standard InChI is InChI=1S/C20H21N3OS2/c1-4-18-23-15(12-25-18)11-22-19(24)17-6-5-9-21-20(17)26-16-8-7-13(2)14(3)10-16/h5-10,12H,4,11H2,1-3H3,(H,22,24). The molecule has 134 valence electrons. The number of nitrogens with zero attached hydrogens (tertiary/aromatic N) is 2. The fourth-order valence-electron chi connectivity index (χ4n) is 2.39. The van der Waals surface area contributed by atoms with Gasteiger partial charge in [0.1, 0.15) is 5.03 Å². The van der Waals surface area contributed by atoms with Crippen LogP contribution in [0.3, 0.4) is 0 Å². The molecular weight excluding hydrogens is 362 g/mol. The Morgan fingerprint density at radius 3 is 2.81 bits per heavy atom. The van der Waals surface area contributed by atoms with Crippen LogP contribution in [0.2, 0.25) is 0 Å². The molecule has 2 heterocycles. The lowest BCUT2D eigenvalue weighted by molar-refractivity contribution is 0.0947. The molecule has 0 aliphatic heterocycles. The van der Waals surface area contributed by atoms with Gasteiger partial charge in [-0.1, -0.05) is 24.8 Å². The summed E-state index contributed by atoms with van der Waals surface area (Å²) in [6.45, 7) is 6.68. The number of thiazole rings is 1. The number of aromatic nitrogens is 2. The van der Waals surface area contributed by atoms with Crippen LogP contribution in [0.5, 0.6) is 0 Å². The average Bonchev–Trinajstić information content (AvgIpc) is 3.11.